The van der Waals surface area contributed by atoms with E-state index in [1.165, 1.54) is 12.1 Å². The molecule has 0 fully saturated rings. The predicted molar refractivity (Wildman–Crippen MR) is 74.4 cm³/mol. The number of rotatable bonds is 8. The quantitative estimate of drug-likeness (QED) is 0.411. The minimum Gasteiger partial charge on any atom is -0.296 e. The van der Waals surface area contributed by atoms with Crippen LogP contribution in [0.15, 0.2) is 24.3 Å². The van der Waals surface area contributed by atoms with Gasteiger partial charge in [0.25, 0.3) is 5.69 Å². The molecule has 0 N–H and O–H groups in total. The Labute approximate surface area is 113 Å². The lowest BCUT2D eigenvalue weighted by Crippen LogP contribution is -2.30. The van der Waals surface area contributed by atoms with E-state index in [0.29, 0.717) is 12.1 Å². The Morgan fingerprint density at radius 1 is 1.37 bits per heavy atom. The van der Waals surface area contributed by atoms with Crippen LogP contribution in [0.5, 0.6) is 0 Å². The Morgan fingerprint density at radius 2 is 2.11 bits per heavy atom. The topological polar surface area (TPSA) is 63.5 Å². The largest absolute Gasteiger partial charge is 0.296 e. The first-order valence-electron chi connectivity index (χ1n) is 6.58. The van der Waals surface area contributed by atoms with Crippen molar-refractivity contribution in [3.8, 4) is 0 Å². The van der Waals surface area contributed by atoms with E-state index in [0.717, 1.165) is 25.9 Å². The molecule has 1 aromatic rings. The smallest absolute Gasteiger partial charge is 0.270 e. The summed E-state index contributed by atoms with van der Waals surface area (Å²) in [5.41, 5.74) is 0.367. The van der Waals surface area contributed by atoms with Crippen LogP contribution in [-0.2, 0) is 0 Å². The highest BCUT2D eigenvalue weighted by Gasteiger charge is 2.14. The molecule has 0 radical (unpaired) electrons. The number of hydrogen-bond acceptors (Lipinski definition) is 4. The van der Waals surface area contributed by atoms with E-state index in [2.05, 4.69) is 11.8 Å². The van der Waals surface area contributed by atoms with Crippen molar-refractivity contribution >= 4 is 11.5 Å². The average Bonchev–Trinajstić information content (AvgIpc) is 2.43. The lowest BCUT2D eigenvalue weighted by Gasteiger charge is -2.18. The fourth-order valence-electron chi connectivity index (χ4n) is 1.82. The number of ketones is 1. The van der Waals surface area contributed by atoms with Gasteiger partial charge in [0.1, 0.15) is 0 Å². The molecule has 0 heterocycles. The minimum absolute atomic E-state index is 0.0394. The zero-order chi connectivity index (χ0) is 14.3. The molecule has 0 saturated carbocycles. The van der Waals surface area contributed by atoms with Crippen LogP contribution in [0.3, 0.4) is 0 Å². The molecule has 0 aromatic heterocycles. The van der Waals surface area contributed by atoms with Crippen molar-refractivity contribution in [2.45, 2.75) is 26.7 Å². The maximum Gasteiger partial charge on any atom is 0.270 e. The number of nitrogens with zero attached hydrogens (tertiary/aromatic N) is 2. The number of nitro benzene ring substituents is 1. The summed E-state index contributed by atoms with van der Waals surface area (Å²) in [4.78, 5) is 24.3. The number of benzene rings is 1. The summed E-state index contributed by atoms with van der Waals surface area (Å²) in [6, 6.07) is 5.91. The predicted octanol–water partition coefficient (Wildman–Crippen LogP) is 2.90. The Kier molecular flexibility index (Phi) is 6.15. The summed E-state index contributed by atoms with van der Waals surface area (Å²) < 4.78 is 0. The molecule has 1 rings (SSSR count). The van der Waals surface area contributed by atoms with Gasteiger partial charge in [-0.3, -0.25) is 19.8 Å². The third-order valence-electron chi connectivity index (χ3n) is 3.02. The molecule has 5 heteroatoms. The number of hydrogen-bond donors (Lipinski definition) is 0. The molecule has 0 amide bonds. The zero-order valence-electron chi connectivity index (χ0n) is 11.5. The minimum atomic E-state index is -0.481. The first kappa shape index (κ1) is 15.3. The molecular weight excluding hydrogens is 244 g/mol. The molecule has 0 aliphatic rings. The fourth-order valence-corrected chi connectivity index (χ4v) is 1.82. The van der Waals surface area contributed by atoms with Crippen LogP contribution in [0, 0.1) is 10.1 Å². The third-order valence-corrected chi connectivity index (χ3v) is 3.02. The average molecular weight is 264 g/mol. The molecule has 0 bridgehead atoms. The summed E-state index contributed by atoms with van der Waals surface area (Å²) in [7, 11) is 0. The standard InChI is InChI=1S/C14H20N2O3/c1-3-5-9-15(4-2)11-14(17)12-7-6-8-13(10-12)16(18)19/h6-8,10H,3-5,9,11H2,1-2H3. The summed E-state index contributed by atoms with van der Waals surface area (Å²) in [6.07, 6.45) is 2.14. The molecule has 0 aliphatic carbocycles. The van der Waals surface area contributed by atoms with E-state index in [9.17, 15) is 14.9 Å². The first-order chi connectivity index (χ1) is 9.08. The number of carbonyl (C=O) groups excluding carboxylic acids is 1. The highest BCUT2D eigenvalue weighted by Crippen LogP contribution is 2.14. The van der Waals surface area contributed by atoms with Gasteiger partial charge in [-0.05, 0) is 19.5 Å². The molecule has 5 nitrogen and oxygen atoms in total. The zero-order valence-corrected chi connectivity index (χ0v) is 11.5. The van der Waals surface area contributed by atoms with Gasteiger partial charge < -0.3 is 0 Å². The first-order valence-corrected chi connectivity index (χ1v) is 6.58. The molecule has 0 aliphatic heterocycles. The number of non-ortho nitro benzene ring substituents is 1. The van der Waals surface area contributed by atoms with Gasteiger partial charge in [0.2, 0.25) is 0 Å². The lowest BCUT2D eigenvalue weighted by molar-refractivity contribution is -0.384. The second-order valence-electron chi connectivity index (χ2n) is 4.45. The number of nitro groups is 1. The van der Waals surface area contributed by atoms with Crippen molar-refractivity contribution in [1.29, 1.82) is 0 Å². The van der Waals surface area contributed by atoms with Gasteiger partial charge >= 0.3 is 0 Å². The van der Waals surface area contributed by atoms with Gasteiger partial charge in [0.15, 0.2) is 5.78 Å². The van der Waals surface area contributed by atoms with Crippen molar-refractivity contribution in [2.75, 3.05) is 19.6 Å². The van der Waals surface area contributed by atoms with Crippen LogP contribution in [0.2, 0.25) is 0 Å². The maximum atomic E-state index is 12.1. The van der Waals surface area contributed by atoms with Gasteiger partial charge in [0, 0.05) is 17.7 Å². The summed E-state index contributed by atoms with van der Waals surface area (Å²) in [6.45, 7) is 6.12. The molecule has 19 heavy (non-hydrogen) atoms. The molecule has 1 aromatic carbocycles. The van der Waals surface area contributed by atoms with E-state index in [1.807, 2.05) is 6.92 Å². The Hall–Kier alpha value is -1.75. The Balaban J connectivity index is 2.71. The van der Waals surface area contributed by atoms with Gasteiger partial charge in [-0.2, -0.15) is 0 Å². The van der Waals surface area contributed by atoms with Gasteiger partial charge in [-0.1, -0.05) is 32.4 Å². The van der Waals surface area contributed by atoms with Crippen LogP contribution in [0.1, 0.15) is 37.0 Å². The molecule has 0 saturated heterocycles. The van der Waals surface area contributed by atoms with E-state index < -0.39 is 4.92 Å². The highest BCUT2D eigenvalue weighted by molar-refractivity contribution is 5.98. The van der Waals surface area contributed by atoms with Crippen molar-refractivity contribution < 1.29 is 9.72 Å². The monoisotopic (exact) mass is 264 g/mol. The van der Waals surface area contributed by atoms with E-state index in [-0.39, 0.29) is 11.5 Å². The fraction of sp³-hybridized carbons (Fsp3) is 0.500. The Bertz CT molecular complexity index is 446. The van der Waals surface area contributed by atoms with E-state index in [1.54, 1.807) is 12.1 Å². The van der Waals surface area contributed by atoms with E-state index in [4.69, 9.17) is 0 Å². The summed E-state index contributed by atoms with van der Waals surface area (Å²) in [5, 5.41) is 10.7. The second kappa shape index (κ2) is 7.63. The van der Waals surface area contributed by atoms with Crippen LogP contribution < -0.4 is 0 Å². The molecule has 0 unspecified atom stereocenters. The summed E-state index contributed by atoms with van der Waals surface area (Å²) in [5.74, 6) is -0.0679. The van der Waals surface area contributed by atoms with Gasteiger partial charge in [-0.15, -0.1) is 0 Å². The van der Waals surface area contributed by atoms with Crippen LogP contribution in [0.25, 0.3) is 0 Å². The molecular formula is C14H20N2O3. The van der Waals surface area contributed by atoms with Crippen LogP contribution in [-0.4, -0.2) is 35.2 Å². The van der Waals surface area contributed by atoms with Crippen molar-refractivity contribution in [1.82, 2.24) is 4.90 Å². The van der Waals surface area contributed by atoms with Crippen LogP contribution in [0.4, 0.5) is 5.69 Å². The molecule has 0 atom stereocenters. The number of likely N-dealkylation sites (N-methyl/N-ethyl adjacent to an activating group) is 1. The lowest BCUT2D eigenvalue weighted by atomic mass is 10.1. The van der Waals surface area contributed by atoms with E-state index >= 15 is 0 Å². The van der Waals surface area contributed by atoms with Crippen LogP contribution >= 0.6 is 0 Å². The number of unbranched alkanes of at least 4 members (excludes halogenated alkanes) is 1. The number of Topliss-reactive ketones (excluding diaryl/α,β-unsaturated/α-hetero) is 1. The third kappa shape index (κ3) is 4.79. The number of carbonyl (C=O) groups is 1. The van der Waals surface area contributed by atoms with Crippen molar-refractivity contribution in [3.05, 3.63) is 39.9 Å². The molecule has 0 spiro atoms. The van der Waals surface area contributed by atoms with Crippen molar-refractivity contribution in [2.24, 2.45) is 0 Å². The molecule has 104 valence electrons. The normalized spacial score (nSPS) is 10.7. The van der Waals surface area contributed by atoms with Gasteiger partial charge in [-0.25, -0.2) is 0 Å². The summed E-state index contributed by atoms with van der Waals surface area (Å²) >= 11 is 0. The highest BCUT2D eigenvalue weighted by atomic mass is 16.6. The van der Waals surface area contributed by atoms with Gasteiger partial charge in [0.05, 0.1) is 11.5 Å². The Morgan fingerprint density at radius 3 is 2.68 bits per heavy atom. The van der Waals surface area contributed by atoms with Crippen molar-refractivity contribution in [3.63, 3.8) is 0 Å². The maximum absolute atomic E-state index is 12.1. The second-order valence-corrected chi connectivity index (χ2v) is 4.45. The SMILES string of the molecule is CCCCN(CC)CC(=O)c1cccc([N+](=O)[O-])c1.